The summed E-state index contributed by atoms with van der Waals surface area (Å²) in [4.78, 5) is 16.8. The number of nitrogens with one attached hydrogen (secondary N) is 1. The first kappa shape index (κ1) is 16.1. The standard InChI is InChI=1S/C17H31N3O2/c1-16(2,3)22-15(21)20-10-7-17(13-20)6-9-19(12-17)14-5-4-8-18-11-14/h14,18H,4-13H2,1-3H3. The fraction of sp³-hybridized carbons (Fsp3) is 0.941. The SMILES string of the molecule is CC(C)(C)OC(=O)N1CCC2(CCN(C3CCCNC3)C2)C1. The molecule has 1 spiro atoms. The number of hydrogen-bond donors (Lipinski definition) is 1. The highest BCUT2D eigenvalue weighted by atomic mass is 16.6. The molecule has 3 aliphatic rings. The van der Waals surface area contributed by atoms with Crippen LogP contribution in [-0.4, -0.2) is 66.8 Å². The smallest absolute Gasteiger partial charge is 0.410 e. The average molecular weight is 309 g/mol. The molecule has 0 aromatic carbocycles. The molecule has 5 nitrogen and oxygen atoms in total. The summed E-state index contributed by atoms with van der Waals surface area (Å²) >= 11 is 0. The van der Waals surface area contributed by atoms with Gasteiger partial charge in [-0.1, -0.05) is 0 Å². The lowest BCUT2D eigenvalue weighted by atomic mass is 9.86. The van der Waals surface area contributed by atoms with Crippen molar-refractivity contribution in [2.45, 2.75) is 58.1 Å². The molecular formula is C17H31N3O2. The highest BCUT2D eigenvalue weighted by Gasteiger charge is 2.46. The maximum absolute atomic E-state index is 12.3. The van der Waals surface area contributed by atoms with Crippen LogP contribution in [0.1, 0.15) is 46.5 Å². The topological polar surface area (TPSA) is 44.8 Å². The van der Waals surface area contributed by atoms with Crippen molar-refractivity contribution in [3.63, 3.8) is 0 Å². The molecule has 2 unspecified atom stereocenters. The fourth-order valence-electron chi connectivity index (χ4n) is 4.18. The van der Waals surface area contributed by atoms with Crippen molar-refractivity contribution in [3.05, 3.63) is 0 Å². The van der Waals surface area contributed by atoms with Crippen LogP contribution in [0.25, 0.3) is 0 Å². The Morgan fingerprint density at radius 1 is 1.23 bits per heavy atom. The lowest BCUT2D eigenvalue weighted by molar-refractivity contribution is 0.0273. The second-order valence-electron chi connectivity index (χ2n) is 8.37. The molecule has 0 aromatic heterocycles. The molecule has 0 aliphatic carbocycles. The Balaban J connectivity index is 1.54. The number of amides is 1. The summed E-state index contributed by atoms with van der Waals surface area (Å²) in [6, 6.07) is 0.698. The summed E-state index contributed by atoms with van der Waals surface area (Å²) in [5.74, 6) is 0. The van der Waals surface area contributed by atoms with Crippen LogP contribution < -0.4 is 5.32 Å². The number of rotatable bonds is 1. The zero-order valence-electron chi connectivity index (χ0n) is 14.4. The zero-order chi connectivity index (χ0) is 15.8. The van der Waals surface area contributed by atoms with Gasteiger partial charge in [0.2, 0.25) is 0 Å². The fourth-order valence-corrected chi connectivity index (χ4v) is 4.18. The monoisotopic (exact) mass is 309 g/mol. The highest BCUT2D eigenvalue weighted by Crippen LogP contribution is 2.41. The van der Waals surface area contributed by atoms with E-state index in [9.17, 15) is 4.79 Å². The Labute approximate surface area is 134 Å². The summed E-state index contributed by atoms with van der Waals surface area (Å²) < 4.78 is 5.53. The second-order valence-corrected chi connectivity index (χ2v) is 8.37. The molecule has 0 radical (unpaired) electrons. The van der Waals surface area contributed by atoms with Gasteiger partial charge in [-0.15, -0.1) is 0 Å². The van der Waals surface area contributed by atoms with Gasteiger partial charge in [0.15, 0.2) is 0 Å². The van der Waals surface area contributed by atoms with E-state index in [1.165, 1.54) is 32.4 Å². The zero-order valence-corrected chi connectivity index (χ0v) is 14.4. The minimum Gasteiger partial charge on any atom is -0.444 e. The molecule has 5 heteroatoms. The van der Waals surface area contributed by atoms with E-state index in [0.717, 1.165) is 32.6 Å². The first-order valence-electron chi connectivity index (χ1n) is 8.80. The van der Waals surface area contributed by atoms with Gasteiger partial charge in [-0.2, -0.15) is 0 Å². The van der Waals surface area contributed by atoms with E-state index in [-0.39, 0.29) is 6.09 Å². The van der Waals surface area contributed by atoms with E-state index in [2.05, 4.69) is 10.2 Å². The van der Waals surface area contributed by atoms with Gasteiger partial charge in [0.05, 0.1) is 0 Å². The maximum Gasteiger partial charge on any atom is 0.410 e. The lowest BCUT2D eigenvalue weighted by Gasteiger charge is -2.33. The molecule has 3 rings (SSSR count). The van der Waals surface area contributed by atoms with Gasteiger partial charge in [-0.3, -0.25) is 4.90 Å². The minimum atomic E-state index is -0.400. The number of carbonyl (C=O) groups is 1. The maximum atomic E-state index is 12.3. The van der Waals surface area contributed by atoms with Gasteiger partial charge < -0.3 is 15.0 Å². The van der Waals surface area contributed by atoms with Crippen LogP contribution in [0.15, 0.2) is 0 Å². The Bertz CT molecular complexity index is 415. The van der Waals surface area contributed by atoms with Crippen LogP contribution in [0.4, 0.5) is 4.79 Å². The summed E-state index contributed by atoms with van der Waals surface area (Å²) in [7, 11) is 0. The molecule has 1 N–H and O–H groups in total. The van der Waals surface area contributed by atoms with Gasteiger partial charge in [-0.25, -0.2) is 4.79 Å². The number of likely N-dealkylation sites (tertiary alicyclic amines) is 2. The minimum absolute atomic E-state index is 0.137. The number of hydrogen-bond acceptors (Lipinski definition) is 4. The quantitative estimate of drug-likeness (QED) is 0.805. The molecular weight excluding hydrogens is 278 g/mol. The van der Waals surface area contributed by atoms with Crippen LogP contribution in [0.5, 0.6) is 0 Å². The molecule has 0 aromatic rings. The molecule has 3 heterocycles. The van der Waals surface area contributed by atoms with E-state index in [1.807, 2.05) is 25.7 Å². The summed E-state index contributed by atoms with van der Waals surface area (Å²) in [5, 5.41) is 3.52. The average Bonchev–Trinajstić information content (AvgIpc) is 3.06. The summed E-state index contributed by atoms with van der Waals surface area (Å²) in [5.41, 5.74) is -0.0866. The normalized spacial score (nSPS) is 33.6. The molecule has 3 aliphatic heterocycles. The largest absolute Gasteiger partial charge is 0.444 e. The lowest BCUT2D eigenvalue weighted by Crippen LogP contribution is -2.46. The van der Waals surface area contributed by atoms with Crippen LogP contribution in [0.2, 0.25) is 0 Å². The van der Waals surface area contributed by atoms with Crippen LogP contribution in [0.3, 0.4) is 0 Å². The van der Waals surface area contributed by atoms with Gasteiger partial charge in [-0.05, 0) is 59.5 Å². The third kappa shape index (κ3) is 3.57. The van der Waals surface area contributed by atoms with Crippen molar-refractivity contribution in [1.82, 2.24) is 15.1 Å². The molecule has 0 saturated carbocycles. The Morgan fingerprint density at radius 2 is 2.00 bits per heavy atom. The number of nitrogens with zero attached hydrogens (tertiary/aromatic N) is 2. The molecule has 0 bridgehead atoms. The third-order valence-electron chi connectivity index (χ3n) is 5.35. The van der Waals surface area contributed by atoms with Gasteiger partial charge in [0.1, 0.15) is 5.60 Å². The molecule has 3 fully saturated rings. The van der Waals surface area contributed by atoms with E-state index in [4.69, 9.17) is 4.74 Å². The second kappa shape index (κ2) is 6.00. The summed E-state index contributed by atoms with van der Waals surface area (Å²) in [6.45, 7) is 12.2. The number of carbonyl (C=O) groups excluding carboxylic acids is 1. The first-order chi connectivity index (χ1) is 10.4. The van der Waals surface area contributed by atoms with Crippen molar-refractivity contribution in [1.29, 1.82) is 0 Å². The van der Waals surface area contributed by atoms with Crippen molar-refractivity contribution < 1.29 is 9.53 Å². The van der Waals surface area contributed by atoms with Crippen molar-refractivity contribution in [3.8, 4) is 0 Å². The predicted octanol–water partition coefficient (Wildman–Crippen LogP) is 2.07. The van der Waals surface area contributed by atoms with Crippen molar-refractivity contribution in [2.24, 2.45) is 5.41 Å². The molecule has 3 saturated heterocycles. The third-order valence-corrected chi connectivity index (χ3v) is 5.35. The Morgan fingerprint density at radius 3 is 2.68 bits per heavy atom. The van der Waals surface area contributed by atoms with Crippen LogP contribution in [-0.2, 0) is 4.74 Å². The van der Waals surface area contributed by atoms with Crippen molar-refractivity contribution >= 4 is 6.09 Å². The van der Waals surface area contributed by atoms with E-state index in [1.54, 1.807) is 0 Å². The van der Waals surface area contributed by atoms with Crippen LogP contribution >= 0.6 is 0 Å². The molecule has 1 amide bonds. The Hall–Kier alpha value is -0.810. The van der Waals surface area contributed by atoms with Crippen molar-refractivity contribution in [2.75, 3.05) is 39.3 Å². The van der Waals surface area contributed by atoms with E-state index < -0.39 is 5.60 Å². The van der Waals surface area contributed by atoms with Crippen LogP contribution in [0, 0.1) is 5.41 Å². The molecule has 126 valence electrons. The highest BCUT2D eigenvalue weighted by molar-refractivity contribution is 5.68. The molecule has 22 heavy (non-hydrogen) atoms. The van der Waals surface area contributed by atoms with Gasteiger partial charge in [0, 0.05) is 37.6 Å². The van der Waals surface area contributed by atoms with Gasteiger partial charge in [0.25, 0.3) is 0 Å². The number of ether oxygens (including phenoxy) is 1. The summed E-state index contributed by atoms with van der Waals surface area (Å²) in [6.07, 6.45) is 4.82. The van der Waals surface area contributed by atoms with E-state index >= 15 is 0 Å². The van der Waals surface area contributed by atoms with Gasteiger partial charge >= 0.3 is 6.09 Å². The Kier molecular flexibility index (Phi) is 4.38. The molecule has 2 atom stereocenters. The first-order valence-corrected chi connectivity index (χ1v) is 8.80. The predicted molar refractivity (Wildman–Crippen MR) is 86.9 cm³/mol. The van der Waals surface area contributed by atoms with E-state index in [0.29, 0.717) is 11.5 Å². The number of piperidine rings is 1.